The number of nitrogens with zero attached hydrogens (tertiary/aromatic N) is 4. The number of rotatable bonds is 5. The molecule has 1 spiro atoms. The van der Waals surface area contributed by atoms with Gasteiger partial charge in [-0.3, -0.25) is 14.3 Å². The van der Waals surface area contributed by atoms with Gasteiger partial charge in [0.1, 0.15) is 0 Å². The number of hydrogen-bond donors (Lipinski definition) is 1. The van der Waals surface area contributed by atoms with Gasteiger partial charge in [-0.05, 0) is 44.4 Å². The summed E-state index contributed by atoms with van der Waals surface area (Å²) in [7, 11) is 0. The van der Waals surface area contributed by atoms with Crippen LogP contribution in [0.4, 0.5) is 0 Å². The summed E-state index contributed by atoms with van der Waals surface area (Å²) in [6.45, 7) is 6.51. The van der Waals surface area contributed by atoms with Crippen molar-refractivity contribution >= 4 is 11.8 Å². The standard InChI is InChI=1S/C26H31N5O2/c1-19(2)31-23(10-13-28-31)22-17-30(24(32)21-9-12-27-15-21)18-26(22)11-6-14-29(25(26)33)16-20-7-4-3-5-8-20/h3-5,7-10,12-13,15,19,22,27H,6,11,14,16-18H2,1-2H3/t22-,26+/m0/s1. The van der Waals surface area contributed by atoms with Crippen LogP contribution in [-0.4, -0.2) is 56.0 Å². The first-order chi connectivity index (χ1) is 16.0. The van der Waals surface area contributed by atoms with Gasteiger partial charge in [-0.2, -0.15) is 5.10 Å². The lowest BCUT2D eigenvalue weighted by Crippen LogP contribution is -2.52. The number of hydrogen-bond acceptors (Lipinski definition) is 3. The Hall–Kier alpha value is -3.35. The second-order valence-corrected chi connectivity index (χ2v) is 9.60. The molecule has 2 amide bonds. The summed E-state index contributed by atoms with van der Waals surface area (Å²) >= 11 is 0. The van der Waals surface area contributed by atoms with Gasteiger partial charge in [0.05, 0.1) is 11.0 Å². The van der Waals surface area contributed by atoms with Crippen LogP contribution in [0.1, 0.15) is 60.3 Å². The van der Waals surface area contributed by atoms with E-state index >= 15 is 0 Å². The van der Waals surface area contributed by atoms with Gasteiger partial charge in [0, 0.05) is 62.4 Å². The van der Waals surface area contributed by atoms with E-state index in [9.17, 15) is 9.59 Å². The zero-order valence-electron chi connectivity index (χ0n) is 19.3. The van der Waals surface area contributed by atoms with Gasteiger partial charge in [-0.1, -0.05) is 30.3 Å². The third kappa shape index (κ3) is 3.75. The second-order valence-electron chi connectivity index (χ2n) is 9.60. The first-order valence-electron chi connectivity index (χ1n) is 11.8. The maximum Gasteiger partial charge on any atom is 0.255 e. The number of carbonyl (C=O) groups excluding carboxylic acids is 2. The maximum absolute atomic E-state index is 14.1. The highest BCUT2D eigenvalue weighted by atomic mass is 16.2. The first kappa shape index (κ1) is 21.5. The predicted molar refractivity (Wildman–Crippen MR) is 126 cm³/mol. The summed E-state index contributed by atoms with van der Waals surface area (Å²) in [5.74, 6) is 0.0431. The molecular formula is C26H31N5O2. The fraction of sp³-hybridized carbons (Fsp3) is 0.423. The van der Waals surface area contributed by atoms with Crippen molar-refractivity contribution < 1.29 is 9.59 Å². The zero-order valence-corrected chi connectivity index (χ0v) is 19.3. The molecule has 7 heteroatoms. The summed E-state index contributed by atoms with van der Waals surface area (Å²) in [4.78, 5) is 34.3. The van der Waals surface area contributed by atoms with Crippen molar-refractivity contribution in [1.82, 2.24) is 24.6 Å². The van der Waals surface area contributed by atoms with Crippen LogP contribution < -0.4 is 0 Å². The van der Waals surface area contributed by atoms with Gasteiger partial charge >= 0.3 is 0 Å². The predicted octanol–water partition coefficient (Wildman–Crippen LogP) is 3.84. The van der Waals surface area contributed by atoms with Crippen LogP contribution >= 0.6 is 0 Å². The van der Waals surface area contributed by atoms with E-state index in [0.29, 0.717) is 25.2 Å². The summed E-state index contributed by atoms with van der Waals surface area (Å²) in [5.41, 5.74) is 2.17. The van der Waals surface area contributed by atoms with Crippen LogP contribution in [0.25, 0.3) is 0 Å². The molecule has 0 aliphatic carbocycles. The smallest absolute Gasteiger partial charge is 0.255 e. The largest absolute Gasteiger partial charge is 0.367 e. The number of likely N-dealkylation sites (tertiary alicyclic amines) is 2. The lowest BCUT2D eigenvalue weighted by atomic mass is 9.70. The first-order valence-corrected chi connectivity index (χ1v) is 11.8. The van der Waals surface area contributed by atoms with E-state index in [-0.39, 0.29) is 23.8 Å². The molecule has 0 saturated carbocycles. The van der Waals surface area contributed by atoms with Crippen molar-refractivity contribution in [1.29, 1.82) is 0 Å². The molecule has 1 N–H and O–H groups in total. The summed E-state index contributed by atoms with van der Waals surface area (Å²) in [5, 5.41) is 4.55. The van der Waals surface area contributed by atoms with Crippen LogP contribution in [0.3, 0.4) is 0 Å². The molecule has 0 unspecified atom stereocenters. The van der Waals surface area contributed by atoms with Crippen LogP contribution in [-0.2, 0) is 11.3 Å². The van der Waals surface area contributed by atoms with Crippen LogP contribution in [0.2, 0.25) is 0 Å². The average molecular weight is 446 g/mol. The summed E-state index contributed by atoms with van der Waals surface area (Å²) in [6, 6.07) is 14.2. The zero-order chi connectivity index (χ0) is 23.0. The average Bonchev–Trinajstić information content (AvgIpc) is 3.57. The molecule has 2 fully saturated rings. The second kappa shape index (κ2) is 8.54. The van der Waals surface area contributed by atoms with Gasteiger partial charge in [0.2, 0.25) is 5.91 Å². The molecule has 3 aromatic rings. The third-order valence-electron chi connectivity index (χ3n) is 7.20. The van der Waals surface area contributed by atoms with E-state index in [0.717, 1.165) is 30.6 Å². The highest BCUT2D eigenvalue weighted by molar-refractivity contribution is 5.95. The van der Waals surface area contributed by atoms with Crippen molar-refractivity contribution in [3.8, 4) is 0 Å². The number of aromatic nitrogens is 3. The third-order valence-corrected chi connectivity index (χ3v) is 7.20. The molecule has 172 valence electrons. The number of nitrogens with one attached hydrogen (secondary N) is 1. The molecule has 7 nitrogen and oxygen atoms in total. The molecule has 2 aliphatic rings. The minimum absolute atomic E-state index is 0.0262. The SMILES string of the molecule is CC(C)n1nccc1[C@@H]1CN(C(=O)c2cc[nH]c2)C[C@]12CCCN(Cc1ccccc1)C2=O. The van der Waals surface area contributed by atoms with Gasteiger partial charge in [0.15, 0.2) is 0 Å². The van der Waals surface area contributed by atoms with Gasteiger partial charge < -0.3 is 14.8 Å². The Morgan fingerprint density at radius 1 is 1.21 bits per heavy atom. The van der Waals surface area contributed by atoms with Gasteiger partial charge in [0.25, 0.3) is 5.91 Å². The Morgan fingerprint density at radius 2 is 2.03 bits per heavy atom. The van der Waals surface area contributed by atoms with Gasteiger partial charge in [-0.15, -0.1) is 0 Å². The number of carbonyl (C=O) groups is 2. The van der Waals surface area contributed by atoms with Crippen molar-refractivity contribution in [3.05, 3.63) is 77.9 Å². The molecular weight excluding hydrogens is 414 g/mol. The van der Waals surface area contributed by atoms with Crippen molar-refractivity contribution in [3.63, 3.8) is 0 Å². The van der Waals surface area contributed by atoms with Crippen LogP contribution in [0, 0.1) is 5.41 Å². The minimum Gasteiger partial charge on any atom is -0.367 e. The van der Waals surface area contributed by atoms with Crippen LogP contribution in [0.15, 0.2) is 61.1 Å². The number of piperidine rings is 1. The van der Waals surface area contributed by atoms with E-state index in [1.807, 2.05) is 44.9 Å². The topological polar surface area (TPSA) is 74.2 Å². The Bertz CT molecular complexity index is 1120. The molecule has 5 rings (SSSR count). The number of aromatic amines is 1. The number of benzene rings is 1. The quantitative estimate of drug-likeness (QED) is 0.648. The van der Waals surface area contributed by atoms with Crippen molar-refractivity contribution in [2.24, 2.45) is 5.41 Å². The molecule has 2 saturated heterocycles. The Labute approximate surface area is 194 Å². The lowest BCUT2D eigenvalue weighted by Gasteiger charge is -2.42. The highest BCUT2D eigenvalue weighted by Gasteiger charge is 2.57. The fourth-order valence-electron chi connectivity index (χ4n) is 5.65. The molecule has 1 aromatic carbocycles. The van der Waals surface area contributed by atoms with Crippen LogP contribution in [0.5, 0.6) is 0 Å². The van der Waals surface area contributed by atoms with Crippen molar-refractivity contribution in [2.75, 3.05) is 19.6 Å². The maximum atomic E-state index is 14.1. The monoisotopic (exact) mass is 445 g/mol. The lowest BCUT2D eigenvalue weighted by molar-refractivity contribution is -0.147. The molecule has 2 atom stereocenters. The van der Waals surface area contributed by atoms with E-state index in [1.165, 1.54) is 0 Å². The molecule has 0 bridgehead atoms. The Balaban J connectivity index is 1.52. The van der Waals surface area contributed by atoms with E-state index in [1.54, 1.807) is 18.5 Å². The number of amides is 2. The van der Waals surface area contributed by atoms with Gasteiger partial charge in [-0.25, -0.2) is 0 Å². The Kier molecular flexibility index (Phi) is 5.56. The molecule has 2 aliphatic heterocycles. The van der Waals surface area contributed by atoms with Crippen molar-refractivity contribution in [2.45, 2.75) is 45.2 Å². The highest BCUT2D eigenvalue weighted by Crippen LogP contribution is 2.50. The molecule has 33 heavy (non-hydrogen) atoms. The number of H-pyrrole nitrogens is 1. The van der Waals surface area contributed by atoms with E-state index in [4.69, 9.17) is 0 Å². The molecule has 2 aromatic heterocycles. The van der Waals surface area contributed by atoms with E-state index in [2.05, 4.69) is 36.1 Å². The van der Waals surface area contributed by atoms with E-state index < -0.39 is 5.41 Å². The minimum atomic E-state index is -0.633. The summed E-state index contributed by atoms with van der Waals surface area (Å²) in [6.07, 6.45) is 7.01. The molecule has 4 heterocycles. The normalized spacial score (nSPS) is 23.1. The Morgan fingerprint density at radius 3 is 2.76 bits per heavy atom. The fourth-order valence-corrected chi connectivity index (χ4v) is 5.65. The molecule has 0 radical (unpaired) electrons. The summed E-state index contributed by atoms with van der Waals surface area (Å²) < 4.78 is 2.01.